The minimum Gasteiger partial charge on any atom is -0.487 e. The number of hydrogen-bond acceptors (Lipinski definition) is 4. The molecule has 0 radical (unpaired) electrons. The van der Waals surface area contributed by atoms with Crippen molar-refractivity contribution in [1.82, 2.24) is 0 Å². The SMILES string of the molecule is COC(=O)c1ccc(N)c(OCc2c(F)cccc2Cl)c1. The van der Waals surface area contributed by atoms with Gasteiger partial charge < -0.3 is 15.2 Å². The summed E-state index contributed by atoms with van der Waals surface area (Å²) >= 11 is 5.91. The average Bonchev–Trinajstić information content (AvgIpc) is 2.47. The van der Waals surface area contributed by atoms with E-state index in [2.05, 4.69) is 4.74 Å². The lowest BCUT2D eigenvalue weighted by Gasteiger charge is -2.11. The molecule has 0 atom stereocenters. The van der Waals surface area contributed by atoms with Gasteiger partial charge in [-0.15, -0.1) is 0 Å². The second kappa shape index (κ2) is 6.45. The van der Waals surface area contributed by atoms with Crippen molar-refractivity contribution in [1.29, 1.82) is 0 Å². The Hall–Kier alpha value is -2.27. The van der Waals surface area contributed by atoms with E-state index in [-0.39, 0.29) is 22.9 Å². The molecule has 4 nitrogen and oxygen atoms in total. The van der Waals surface area contributed by atoms with E-state index in [0.29, 0.717) is 11.3 Å². The molecule has 110 valence electrons. The third kappa shape index (κ3) is 3.44. The van der Waals surface area contributed by atoms with Crippen LogP contribution in [0.3, 0.4) is 0 Å². The van der Waals surface area contributed by atoms with E-state index < -0.39 is 11.8 Å². The number of halogens is 2. The van der Waals surface area contributed by atoms with Crippen LogP contribution in [0.2, 0.25) is 5.02 Å². The van der Waals surface area contributed by atoms with Crippen LogP contribution in [0, 0.1) is 5.82 Å². The minimum absolute atomic E-state index is 0.0969. The fraction of sp³-hybridized carbons (Fsp3) is 0.133. The van der Waals surface area contributed by atoms with E-state index >= 15 is 0 Å². The number of nitrogen functional groups attached to an aromatic ring is 1. The maximum Gasteiger partial charge on any atom is 0.337 e. The first-order chi connectivity index (χ1) is 10.0. The molecule has 0 aliphatic rings. The first-order valence-electron chi connectivity index (χ1n) is 6.06. The molecule has 0 aliphatic heterocycles. The lowest BCUT2D eigenvalue weighted by atomic mass is 10.2. The molecule has 2 aromatic rings. The highest BCUT2D eigenvalue weighted by Gasteiger charge is 2.12. The smallest absolute Gasteiger partial charge is 0.337 e. The molecule has 0 spiro atoms. The van der Waals surface area contributed by atoms with Gasteiger partial charge in [0.1, 0.15) is 18.2 Å². The van der Waals surface area contributed by atoms with Crippen molar-refractivity contribution in [3.63, 3.8) is 0 Å². The topological polar surface area (TPSA) is 61.5 Å². The maximum absolute atomic E-state index is 13.6. The highest BCUT2D eigenvalue weighted by molar-refractivity contribution is 6.31. The summed E-state index contributed by atoms with van der Waals surface area (Å²) in [5.41, 5.74) is 6.61. The largest absolute Gasteiger partial charge is 0.487 e. The predicted octanol–water partition coefficient (Wildman–Crippen LogP) is 3.43. The Morgan fingerprint density at radius 1 is 1.33 bits per heavy atom. The molecule has 2 aromatic carbocycles. The van der Waals surface area contributed by atoms with Crippen LogP contribution in [-0.4, -0.2) is 13.1 Å². The number of carbonyl (C=O) groups is 1. The quantitative estimate of drug-likeness (QED) is 0.694. The summed E-state index contributed by atoms with van der Waals surface area (Å²) in [7, 11) is 1.28. The van der Waals surface area contributed by atoms with Gasteiger partial charge >= 0.3 is 5.97 Å². The molecule has 0 aromatic heterocycles. The van der Waals surface area contributed by atoms with Crippen LogP contribution in [0.5, 0.6) is 5.75 Å². The average molecular weight is 310 g/mol. The van der Waals surface area contributed by atoms with Gasteiger partial charge in [0.15, 0.2) is 0 Å². The van der Waals surface area contributed by atoms with E-state index in [1.807, 2.05) is 0 Å². The molecule has 2 N–H and O–H groups in total. The number of benzene rings is 2. The molecule has 2 rings (SSSR count). The molecule has 0 amide bonds. The van der Waals surface area contributed by atoms with Crippen LogP contribution in [0.4, 0.5) is 10.1 Å². The van der Waals surface area contributed by atoms with Gasteiger partial charge in [0.05, 0.1) is 23.4 Å². The number of esters is 1. The van der Waals surface area contributed by atoms with Gasteiger partial charge in [-0.1, -0.05) is 17.7 Å². The predicted molar refractivity (Wildman–Crippen MR) is 77.9 cm³/mol. The second-order valence-electron chi connectivity index (χ2n) is 4.23. The summed E-state index contributed by atoms with van der Waals surface area (Å²) in [5.74, 6) is -0.716. The molecule has 0 bridgehead atoms. The second-order valence-corrected chi connectivity index (χ2v) is 4.64. The van der Waals surface area contributed by atoms with Crippen LogP contribution in [-0.2, 0) is 11.3 Å². The zero-order chi connectivity index (χ0) is 15.4. The molecule has 6 heteroatoms. The van der Waals surface area contributed by atoms with E-state index in [1.54, 1.807) is 6.07 Å². The van der Waals surface area contributed by atoms with Gasteiger partial charge in [0, 0.05) is 5.56 Å². The molecule has 0 saturated heterocycles. The standard InChI is InChI=1S/C15H13ClFNO3/c1-20-15(19)9-5-6-13(18)14(7-9)21-8-10-11(16)3-2-4-12(10)17/h2-7H,8,18H2,1H3. The van der Waals surface area contributed by atoms with Gasteiger partial charge in [-0.05, 0) is 30.3 Å². The zero-order valence-electron chi connectivity index (χ0n) is 11.2. The molecule has 21 heavy (non-hydrogen) atoms. The summed E-state index contributed by atoms with van der Waals surface area (Å²) in [6.07, 6.45) is 0. The first-order valence-corrected chi connectivity index (χ1v) is 6.44. The Morgan fingerprint density at radius 2 is 2.10 bits per heavy atom. The maximum atomic E-state index is 13.6. The van der Waals surface area contributed by atoms with E-state index in [1.165, 1.54) is 37.4 Å². The molecular weight excluding hydrogens is 297 g/mol. The molecular formula is C15H13ClFNO3. The van der Waals surface area contributed by atoms with E-state index in [4.69, 9.17) is 22.1 Å². The summed E-state index contributed by atoms with van der Waals surface area (Å²) in [4.78, 5) is 11.5. The molecule has 0 aliphatic carbocycles. The van der Waals surface area contributed by atoms with Crippen molar-refractivity contribution in [3.05, 3.63) is 58.4 Å². The van der Waals surface area contributed by atoms with Crippen LogP contribution >= 0.6 is 11.6 Å². The van der Waals surface area contributed by atoms with Gasteiger partial charge in [-0.3, -0.25) is 0 Å². The Labute approximate surface area is 126 Å². The lowest BCUT2D eigenvalue weighted by molar-refractivity contribution is 0.0600. The fourth-order valence-corrected chi connectivity index (χ4v) is 1.94. The zero-order valence-corrected chi connectivity index (χ0v) is 12.0. The van der Waals surface area contributed by atoms with Crippen molar-refractivity contribution < 1.29 is 18.7 Å². The number of hydrogen-bond donors (Lipinski definition) is 1. The van der Waals surface area contributed by atoms with Crippen LogP contribution < -0.4 is 10.5 Å². The number of carbonyl (C=O) groups excluding carboxylic acids is 1. The highest BCUT2D eigenvalue weighted by Crippen LogP contribution is 2.26. The summed E-state index contributed by atoms with van der Waals surface area (Å²) in [5, 5.41) is 0.262. The fourth-order valence-electron chi connectivity index (χ4n) is 1.72. The number of ether oxygens (including phenoxy) is 2. The van der Waals surface area contributed by atoms with Crippen molar-refractivity contribution >= 4 is 23.3 Å². The normalized spacial score (nSPS) is 10.2. The van der Waals surface area contributed by atoms with Gasteiger partial charge in [0.2, 0.25) is 0 Å². The number of rotatable bonds is 4. The van der Waals surface area contributed by atoms with Crippen molar-refractivity contribution in [2.45, 2.75) is 6.61 Å². The van der Waals surface area contributed by atoms with E-state index in [9.17, 15) is 9.18 Å². The van der Waals surface area contributed by atoms with Gasteiger partial charge in [-0.2, -0.15) is 0 Å². The monoisotopic (exact) mass is 309 g/mol. The van der Waals surface area contributed by atoms with Crippen LogP contribution in [0.15, 0.2) is 36.4 Å². The number of anilines is 1. The third-order valence-corrected chi connectivity index (χ3v) is 3.22. The van der Waals surface area contributed by atoms with Crippen molar-refractivity contribution in [3.8, 4) is 5.75 Å². The van der Waals surface area contributed by atoms with Crippen molar-refractivity contribution in [2.24, 2.45) is 0 Å². The van der Waals surface area contributed by atoms with Crippen LogP contribution in [0.25, 0.3) is 0 Å². The number of nitrogens with two attached hydrogens (primary N) is 1. The Bertz CT molecular complexity index is 656. The number of methoxy groups -OCH3 is 1. The highest BCUT2D eigenvalue weighted by atomic mass is 35.5. The Morgan fingerprint density at radius 3 is 2.76 bits per heavy atom. The lowest BCUT2D eigenvalue weighted by Crippen LogP contribution is -2.05. The van der Waals surface area contributed by atoms with Gasteiger partial charge in [-0.25, -0.2) is 9.18 Å². The van der Waals surface area contributed by atoms with Crippen LogP contribution in [0.1, 0.15) is 15.9 Å². The van der Waals surface area contributed by atoms with Crippen molar-refractivity contribution in [2.75, 3.05) is 12.8 Å². The minimum atomic E-state index is -0.510. The molecule has 0 unspecified atom stereocenters. The molecule has 0 fully saturated rings. The first kappa shape index (κ1) is 15.1. The van der Waals surface area contributed by atoms with E-state index in [0.717, 1.165) is 0 Å². The third-order valence-electron chi connectivity index (χ3n) is 2.87. The Kier molecular flexibility index (Phi) is 4.65. The summed E-state index contributed by atoms with van der Waals surface area (Å²) in [6.45, 7) is -0.0969. The Balaban J connectivity index is 2.22. The summed E-state index contributed by atoms with van der Waals surface area (Å²) < 4.78 is 23.7. The summed E-state index contributed by atoms with van der Waals surface area (Å²) in [6, 6.07) is 8.84. The van der Waals surface area contributed by atoms with Gasteiger partial charge in [0.25, 0.3) is 0 Å². The molecule has 0 heterocycles. The molecule has 0 saturated carbocycles.